The Morgan fingerprint density at radius 1 is 1.44 bits per heavy atom. The Balaban J connectivity index is 2.27. The fraction of sp³-hybridized carbons (Fsp3) is 0.444. The summed E-state index contributed by atoms with van der Waals surface area (Å²) in [6.07, 6.45) is 0.445. The van der Waals surface area contributed by atoms with Gasteiger partial charge in [-0.1, -0.05) is 0 Å². The first-order chi connectivity index (χ1) is 7.60. The van der Waals surface area contributed by atoms with Crippen LogP contribution < -0.4 is 22.1 Å². The van der Waals surface area contributed by atoms with Gasteiger partial charge in [-0.25, -0.2) is 0 Å². The molecule has 0 radical (unpaired) electrons. The highest BCUT2D eigenvalue weighted by Crippen LogP contribution is 2.24. The first-order valence-corrected chi connectivity index (χ1v) is 5.00. The van der Waals surface area contributed by atoms with Crippen molar-refractivity contribution >= 4 is 23.5 Å². The van der Waals surface area contributed by atoms with Gasteiger partial charge in [-0.05, 0) is 12.5 Å². The van der Waals surface area contributed by atoms with Gasteiger partial charge in [0, 0.05) is 19.0 Å². The van der Waals surface area contributed by atoms with Crippen molar-refractivity contribution in [3.63, 3.8) is 0 Å². The van der Waals surface area contributed by atoms with Crippen molar-refractivity contribution in [2.75, 3.05) is 29.5 Å². The minimum Gasteiger partial charge on any atom is -0.383 e. The zero-order valence-corrected chi connectivity index (χ0v) is 8.76. The van der Waals surface area contributed by atoms with Crippen molar-refractivity contribution in [3.05, 3.63) is 6.07 Å². The van der Waals surface area contributed by atoms with Gasteiger partial charge in [0.2, 0.25) is 11.9 Å². The van der Waals surface area contributed by atoms with Crippen molar-refractivity contribution in [3.8, 4) is 0 Å². The van der Waals surface area contributed by atoms with Crippen molar-refractivity contribution in [1.29, 1.82) is 0 Å². The molecule has 1 aromatic heterocycles. The average Bonchev–Trinajstić information content (AvgIpc) is 2.58. The Kier molecular flexibility index (Phi) is 2.61. The quantitative estimate of drug-likeness (QED) is 0.586. The van der Waals surface area contributed by atoms with E-state index in [1.54, 1.807) is 4.90 Å². The highest BCUT2D eigenvalue weighted by atomic mass is 16.2. The van der Waals surface area contributed by atoms with Crippen LogP contribution in [0.15, 0.2) is 6.07 Å². The van der Waals surface area contributed by atoms with Gasteiger partial charge in [-0.2, -0.15) is 9.97 Å². The summed E-state index contributed by atoms with van der Waals surface area (Å²) in [6, 6.07) is 1.53. The highest BCUT2D eigenvalue weighted by molar-refractivity contribution is 5.95. The van der Waals surface area contributed by atoms with Crippen LogP contribution in [-0.4, -0.2) is 29.0 Å². The summed E-state index contributed by atoms with van der Waals surface area (Å²) in [5, 5.41) is 0. The van der Waals surface area contributed by atoms with Crippen molar-refractivity contribution in [2.24, 2.45) is 11.7 Å². The minimum atomic E-state index is -0.00653. The van der Waals surface area contributed by atoms with Crippen molar-refractivity contribution in [1.82, 2.24) is 9.97 Å². The van der Waals surface area contributed by atoms with E-state index in [4.69, 9.17) is 17.2 Å². The maximum atomic E-state index is 11.7. The summed E-state index contributed by atoms with van der Waals surface area (Å²) < 4.78 is 0. The number of rotatable bonds is 2. The Hall–Kier alpha value is -1.89. The maximum absolute atomic E-state index is 11.7. The zero-order valence-electron chi connectivity index (χ0n) is 8.76. The molecule has 2 heterocycles. The van der Waals surface area contributed by atoms with Gasteiger partial charge in [-0.15, -0.1) is 0 Å². The van der Waals surface area contributed by atoms with E-state index >= 15 is 0 Å². The summed E-state index contributed by atoms with van der Waals surface area (Å²) in [5.41, 5.74) is 16.6. The van der Waals surface area contributed by atoms with Crippen LogP contribution in [0.2, 0.25) is 0 Å². The third-order valence-electron chi connectivity index (χ3n) is 2.56. The normalized spacial score (nSPS) is 20.4. The first-order valence-electron chi connectivity index (χ1n) is 5.00. The number of hydrogen-bond acceptors (Lipinski definition) is 6. The van der Waals surface area contributed by atoms with Gasteiger partial charge < -0.3 is 17.2 Å². The van der Waals surface area contributed by atoms with E-state index in [-0.39, 0.29) is 23.6 Å². The second kappa shape index (κ2) is 3.93. The fourth-order valence-corrected chi connectivity index (χ4v) is 1.77. The van der Waals surface area contributed by atoms with Crippen LogP contribution in [0.1, 0.15) is 6.42 Å². The summed E-state index contributed by atoms with van der Waals surface area (Å²) >= 11 is 0. The monoisotopic (exact) mass is 222 g/mol. The standard InChI is InChI=1S/C9H14N6O/c10-3-5-1-8(16)15(4-5)7-2-6(11)13-9(12)14-7/h2,5H,1,3-4,10H2,(H4,11,12,13,14). The predicted octanol–water partition coefficient (Wildman–Crippen LogP) is -1.05. The van der Waals surface area contributed by atoms with E-state index in [1.165, 1.54) is 6.07 Å². The second-order valence-electron chi connectivity index (χ2n) is 3.82. The van der Waals surface area contributed by atoms with Gasteiger partial charge in [0.05, 0.1) is 0 Å². The van der Waals surface area contributed by atoms with E-state index in [0.717, 1.165) is 0 Å². The number of carbonyl (C=O) groups excluding carboxylic acids is 1. The number of nitrogen functional groups attached to an aromatic ring is 2. The lowest BCUT2D eigenvalue weighted by atomic mass is 10.1. The van der Waals surface area contributed by atoms with Gasteiger partial charge in [-0.3, -0.25) is 9.69 Å². The molecule has 0 aliphatic carbocycles. The lowest BCUT2D eigenvalue weighted by Crippen LogP contribution is -2.27. The molecule has 0 saturated carbocycles. The van der Waals surface area contributed by atoms with E-state index < -0.39 is 0 Å². The number of nitrogens with zero attached hydrogens (tertiary/aromatic N) is 3. The Labute approximate surface area is 92.6 Å². The van der Waals surface area contributed by atoms with Crippen LogP contribution in [0.3, 0.4) is 0 Å². The van der Waals surface area contributed by atoms with E-state index in [1.807, 2.05) is 0 Å². The SMILES string of the molecule is NCC1CC(=O)N(c2cc(N)nc(N)n2)C1. The highest BCUT2D eigenvalue weighted by Gasteiger charge is 2.30. The summed E-state index contributed by atoms with van der Waals surface area (Å²) in [5.74, 6) is 0.939. The topological polar surface area (TPSA) is 124 Å². The van der Waals surface area contributed by atoms with E-state index in [0.29, 0.717) is 25.3 Å². The number of hydrogen-bond donors (Lipinski definition) is 3. The first kappa shape index (κ1) is 10.6. The molecule has 0 bridgehead atoms. The van der Waals surface area contributed by atoms with Crippen molar-refractivity contribution in [2.45, 2.75) is 6.42 Å². The molecule has 86 valence electrons. The molecule has 1 saturated heterocycles. The predicted molar refractivity (Wildman–Crippen MR) is 60.4 cm³/mol. The Morgan fingerprint density at radius 2 is 2.19 bits per heavy atom. The maximum Gasteiger partial charge on any atom is 0.228 e. The van der Waals surface area contributed by atoms with E-state index in [2.05, 4.69) is 9.97 Å². The van der Waals surface area contributed by atoms with Gasteiger partial charge in [0.15, 0.2) is 0 Å². The molecule has 0 spiro atoms. The third-order valence-corrected chi connectivity index (χ3v) is 2.56. The van der Waals surface area contributed by atoms with Crippen LogP contribution in [0.25, 0.3) is 0 Å². The number of anilines is 3. The van der Waals surface area contributed by atoms with Crippen LogP contribution in [0, 0.1) is 5.92 Å². The molecule has 1 fully saturated rings. The lowest BCUT2D eigenvalue weighted by Gasteiger charge is -2.15. The molecule has 1 unspecified atom stereocenters. The molecule has 1 amide bonds. The number of carbonyl (C=O) groups is 1. The lowest BCUT2D eigenvalue weighted by molar-refractivity contribution is -0.117. The van der Waals surface area contributed by atoms with Crippen molar-refractivity contribution < 1.29 is 4.79 Å². The van der Waals surface area contributed by atoms with Gasteiger partial charge >= 0.3 is 0 Å². The molecule has 1 aromatic rings. The van der Waals surface area contributed by atoms with Gasteiger partial charge in [0.1, 0.15) is 11.6 Å². The number of amides is 1. The van der Waals surface area contributed by atoms with E-state index in [9.17, 15) is 4.79 Å². The Morgan fingerprint density at radius 3 is 2.75 bits per heavy atom. The zero-order chi connectivity index (χ0) is 11.7. The van der Waals surface area contributed by atoms with Crippen LogP contribution in [0.4, 0.5) is 17.6 Å². The molecule has 16 heavy (non-hydrogen) atoms. The summed E-state index contributed by atoms with van der Waals surface area (Å²) in [7, 11) is 0. The molecule has 1 aliphatic heterocycles. The Bertz CT molecular complexity index is 400. The molecule has 1 atom stereocenters. The van der Waals surface area contributed by atoms with Gasteiger partial charge in [0.25, 0.3) is 0 Å². The largest absolute Gasteiger partial charge is 0.383 e. The van der Waals surface area contributed by atoms with Crippen LogP contribution in [-0.2, 0) is 4.79 Å². The molecule has 7 nitrogen and oxygen atoms in total. The molecular formula is C9H14N6O. The van der Waals surface area contributed by atoms with Crippen LogP contribution >= 0.6 is 0 Å². The molecule has 2 rings (SSSR count). The van der Waals surface area contributed by atoms with Crippen LogP contribution in [0.5, 0.6) is 0 Å². The number of aromatic nitrogens is 2. The second-order valence-corrected chi connectivity index (χ2v) is 3.82. The average molecular weight is 222 g/mol. The molecule has 6 N–H and O–H groups in total. The minimum absolute atomic E-state index is 0.00653. The number of nitrogens with two attached hydrogens (primary N) is 3. The molecule has 1 aliphatic rings. The molecule has 7 heteroatoms. The molecule has 0 aromatic carbocycles. The smallest absolute Gasteiger partial charge is 0.228 e. The summed E-state index contributed by atoms with van der Waals surface area (Å²) in [4.78, 5) is 21.0. The fourth-order valence-electron chi connectivity index (χ4n) is 1.77. The molecular weight excluding hydrogens is 208 g/mol. The summed E-state index contributed by atoms with van der Waals surface area (Å²) in [6.45, 7) is 1.05. The third kappa shape index (κ3) is 1.89.